The SMILES string of the molecule is CCc1ccsc1C(=O)Nc1cc(/C(N)=N/O)ccc1Cl. The van der Waals surface area contributed by atoms with Gasteiger partial charge in [-0.2, -0.15) is 0 Å². The van der Waals surface area contributed by atoms with Crippen LogP contribution in [0.2, 0.25) is 5.02 Å². The zero-order valence-corrected chi connectivity index (χ0v) is 12.8. The second-order valence-electron chi connectivity index (χ2n) is 4.26. The van der Waals surface area contributed by atoms with E-state index in [4.69, 9.17) is 22.5 Å². The van der Waals surface area contributed by atoms with Gasteiger partial charge in [-0.05, 0) is 41.6 Å². The highest BCUT2D eigenvalue weighted by Crippen LogP contribution is 2.25. The van der Waals surface area contributed by atoms with E-state index in [9.17, 15) is 4.79 Å². The first-order valence-corrected chi connectivity index (χ1v) is 7.47. The van der Waals surface area contributed by atoms with Gasteiger partial charge in [-0.3, -0.25) is 4.79 Å². The van der Waals surface area contributed by atoms with E-state index >= 15 is 0 Å². The van der Waals surface area contributed by atoms with E-state index in [1.165, 1.54) is 11.3 Å². The molecule has 0 saturated carbocycles. The average molecular weight is 324 g/mol. The smallest absolute Gasteiger partial charge is 0.266 e. The lowest BCUT2D eigenvalue weighted by atomic mass is 10.1. The Labute approximate surface area is 131 Å². The van der Waals surface area contributed by atoms with Gasteiger partial charge in [0.15, 0.2) is 5.84 Å². The van der Waals surface area contributed by atoms with Gasteiger partial charge in [0.2, 0.25) is 0 Å². The second kappa shape index (κ2) is 6.60. The van der Waals surface area contributed by atoms with Gasteiger partial charge in [0.25, 0.3) is 5.91 Å². The predicted molar refractivity (Wildman–Crippen MR) is 85.6 cm³/mol. The lowest BCUT2D eigenvalue weighted by Gasteiger charge is -2.09. The first kappa shape index (κ1) is 15.3. The number of hydrogen-bond acceptors (Lipinski definition) is 4. The van der Waals surface area contributed by atoms with E-state index in [-0.39, 0.29) is 11.7 Å². The first-order chi connectivity index (χ1) is 10.1. The number of rotatable bonds is 4. The van der Waals surface area contributed by atoms with Gasteiger partial charge < -0.3 is 16.3 Å². The summed E-state index contributed by atoms with van der Waals surface area (Å²) in [5, 5.41) is 16.6. The summed E-state index contributed by atoms with van der Waals surface area (Å²) in [6.45, 7) is 1.99. The summed E-state index contributed by atoms with van der Waals surface area (Å²) in [5.74, 6) is -0.270. The molecule has 0 aliphatic carbocycles. The molecule has 2 aromatic rings. The maximum absolute atomic E-state index is 12.3. The molecular weight excluding hydrogens is 310 g/mol. The number of hydrogen-bond donors (Lipinski definition) is 3. The van der Waals surface area contributed by atoms with Gasteiger partial charge in [-0.1, -0.05) is 23.7 Å². The molecule has 0 atom stereocenters. The summed E-state index contributed by atoms with van der Waals surface area (Å²) in [5.41, 5.74) is 7.41. The van der Waals surface area contributed by atoms with Crippen molar-refractivity contribution in [3.63, 3.8) is 0 Å². The van der Waals surface area contributed by atoms with Crippen molar-refractivity contribution in [3.05, 3.63) is 50.7 Å². The number of oxime groups is 1. The highest BCUT2D eigenvalue weighted by atomic mass is 35.5. The van der Waals surface area contributed by atoms with Crippen LogP contribution in [0.1, 0.15) is 27.7 Å². The Morgan fingerprint density at radius 2 is 2.24 bits per heavy atom. The number of halogens is 1. The van der Waals surface area contributed by atoms with Crippen molar-refractivity contribution in [2.75, 3.05) is 5.32 Å². The molecule has 0 bridgehead atoms. The Bertz CT molecular complexity index is 697. The lowest BCUT2D eigenvalue weighted by Crippen LogP contribution is -2.15. The largest absolute Gasteiger partial charge is 0.409 e. The fourth-order valence-electron chi connectivity index (χ4n) is 1.83. The minimum absolute atomic E-state index is 0.0486. The van der Waals surface area contributed by atoms with Crippen LogP contribution >= 0.6 is 22.9 Å². The third-order valence-electron chi connectivity index (χ3n) is 2.95. The Morgan fingerprint density at radius 3 is 2.90 bits per heavy atom. The van der Waals surface area contributed by atoms with Gasteiger partial charge in [-0.25, -0.2) is 0 Å². The van der Waals surface area contributed by atoms with Crippen molar-refractivity contribution in [2.45, 2.75) is 13.3 Å². The van der Waals surface area contributed by atoms with Crippen molar-refractivity contribution >= 4 is 40.4 Å². The molecule has 110 valence electrons. The number of carbonyl (C=O) groups excluding carboxylic acids is 1. The summed E-state index contributed by atoms with van der Waals surface area (Å²) in [7, 11) is 0. The van der Waals surface area contributed by atoms with Gasteiger partial charge >= 0.3 is 0 Å². The van der Waals surface area contributed by atoms with Crippen LogP contribution in [0.5, 0.6) is 0 Å². The minimum Gasteiger partial charge on any atom is -0.409 e. The molecule has 4 N–H and O–H groups in total. The van der Waals surface area contributed by atoms with E-state index in [1.807, 2.05) is 18.4 Å². The lowest BCUT2D eigenvalue weighted by molar-refractivity contribution is 0.103. The predicted octanol–water partition coefficient (Wildman–Crippen LogP) is 3.31. The van der Waals surface area contributed by atoms with Crippen LogP contribution in [0.3, 0.4) is 0 Å². The molecule has 0 spiro atoms. The van der Waals surface area contributed by atoms with Crippen LogP contribution in [0.15, 0.2) is 34.8 Å². The summed E-state index contributed by atoms with van der Waals surface area (Å²) >= 11 is 7.45. The number of nitrogens with zero attached hydrogens (tertiary/aromatic N) is 1. The molecular formula is C14H14ClN3O2S. The molecule has 1 aromatic heterocycles. The number of benzene rings is 1. The Balaban J connectivity index is 2.29. The summed E-state index contributed by atoms with van der Waals surface area (Å²) in [6, 6.07) is 6.68. The molecule has 0 aliphatic heterocycles. The van der Waals surface area contributed by atoms with E-state index in [0.29, 0.717) is 21.2 Å². The first-order valence-electron chi connectivity index (χ1n) is 6.22. The number of nitrogens with two attached hydrogens (primary N) is 1. The third kappa shape index (κ3) is 3.34. The Hall–Kier alpha value is -2.05. The van der Waals surface area contributed by atoms with Crippen LogP contribution in [0.4, 0.5) is 5.69 Å². The molecule has 5 nitrogen and oxygen atoms in total. The molecule has 1 heterocycles. The molecule has 0 unspecified atom stereocenters. The monoisotopic (exact) mass is 323 g/mol. The zero-order valence-electron chi connectivity index (χ0n) is 11.3. The maximum atomic E-state index is 12.3. The Morgan fingerprint density at radius 1 is 1.48 bits per heavy atom. The molecule has 0 fully saturated rings. The van der Waals surface area contributed by atoms with Crippen molar-refractivity contribution in [1.29, 1.82) is 0 Å². The van der Waals surface area contributed by atoms with Crippen molar-refractivity contribution in [2.24, 2.45) is 10.9 Å². The standard InChI is InChI=1S/C14H14ClN3O2S/c1-2-8-5-6-21-12(8)14(19)17-11-7-9(13(16)18-20)3-4-10(11)15/h3-7,20H,2H2,1H3,(H2,16,18)(H,17,19). The molecule has 0 radical (unpaired) electrons. The fraction of sp³-hybridized carbons (Fsp3) is 0.143. The summed E-state index contributed by atoms with van der Waals surface area (Å²) < 4.78 is 0. The topological polar surface area (TPSA) is 87.7 Å². The van der Waals surface area contributed by atoms with Crippen molar-refractivity contribution in [3.8, 4) is 0 Å². The second-order valence-corrected chi connectivity index (χ2v) is 5.59. The fourth-order valence-corrected chi connectivity index (χ4v) is 2.89. The quantitative estimate of drug-likeness (QED) is 0.349. The van der Waals surface area contributed by atoms with E-state index in [1.54, 1.807) is 18.2 Å². The Kier molecular flexibility index (Phi) is 4.82. The highest BCUT2D eigenvalue weighted by Gasteiger charge is 2.14. The molecule has 0 aliphatic rings. The van der Waals surface area contributed by atoms with E-state index in [2.05, 4.69) is 10.5 Å². The molecule has 2 rings (SSSR count). The third-order valence-corrected chi connectivity index (χ3v) is 4.24. The maximum Gasteiger partial charge on any atom is 0.266 e. The van der Waals surface area contributed by atoms with E-state index in [0.717, 1.165) is 12.0 Å². The number of carbonyl (C=O) groups is 1. The molecule has 21 heavy (non-hydrogen) atoms. The van der Waals surface area contributed by atoms with Crippen LogP contribution < -0.4 is 11.1 Å². The molecule has 7 heteroatoms. The highest BCUT2D eigenvalue weighted by molar-refractivity contribution is 7.12. The molecule has 1 amide bonds. The molecule has 1 aromatic carbocycles. The number of amidine groups is 1. The zero-order chi connectivity index (χ0) is 15.4. The van der Waals surface area contributed by atoms with Gasteiger partial charge in [0, 0.05) is 5.56 Å². The van der Waals surface area contributed by atoms with Crippen molar-refractivity contribution in [1.82, 2.24) is 0 Å². The minimum atomic E-state index is -0.222. The van der Waals surface area contributed by atoms with Crippen molar-refractivity contribution < 1.29 is 10.0 Å². The van der Waals surface area contributed by atoms with Gasteiger partial charge in [0.1, 0.15) is 0 Å². The van der Waals surface area contributed by atoms with Crippen LogP contribution in [-0.2, 0) is 6.42 Å². The van der Waals surface area contributed by atoms with Gasteiger partial charge in [-0.15, -0.1) is 11.3 Å². The van der Waals surface area contributed by atoms with E-state index < -0.39 is 0 Å². The number of amides is 1. The molecule has 0 saturated heterocycles. The van der Waals surface area contributed by atoms with Gasteiger partial charge in [0.05, 0.1) is 15.6 Å². The van der Waals surface area contributed by atoms with Crippen LogP contribution in [0, 0.1) is 0 Å². The van der Waals surface area contributed by atoms with Crippen LogP contribution in [-0.4, -0.2) is 17.0 Å². The van der Waals surface area contributed by atoms with Crippen LogP contribution in [0.25, 0.3) is 0 Å². The number of nitrogens with one attached hydrogen (secondary N) is 1. The number of aryl methyl sites for hydroxylation is 1. The average Bonchev–Trinajstić information content (AvgIpc) is 2.97. The summed E-state index contributed by atoms with van der Waals surface area (Å²) in [4.78, 5) is 12.9. The number of anilines is 1. The summed E-state index contributed by atoms with van der Waals surface area (Å²) in [6.07, 6.45) is 0.782. The number of thiophene rings is 1. The normalized spacial score (nSPS) is 11.4.